The van der Waals surface area contributed by atoms with Crippen molar-refractivity contribution >= 4 is 22.5 Å². The molecule has 6 bridgehead atoms. The van der Waals surface area contributed by atoms with Crippen LogP contribution in [0.3, 0.4) is 0 Å². The van der Waals surface area contributed by atoms with Gasteiger partial charge >= 0.3 is 0 Å². The summed E-state index contributed by atoms with van der Waals surface area (Å²) in [5, 5.41) is 10.1. The Hall–Kier alpha value is -3.94. The van der Waals surface area contributed by atoms with E-state index in [0.717, 1.165) is 51.6 Å². The molecule has 1 unspecified atom stereocenters. The Kier molecular flexibility index (Phi) is 5.22. The van der Waals surface area contributed by atoms with Gasteiger partial charge < -0.3 is 19.6 Å². The van der Waals surface area contributed by atoms with Gasteiger partial charge in [-0.05, 0) is 64.9 Å². The minimum atomic E-state index is -1.16. The third-order valence-electron chi connectivity index (χ3n) is 7.76. The first-order valence-electron chi connectivity index (χ1n) is 12.8. The van der Waals surface area contributed by atoms with Crippen LogP contribution in [-0.2, 0) is 19.0 Å². The molecule has 3 aromatic carbocycles. The van der Waals surface area contributed by atoms with Gasteiger partial charge in [-0.1, -0.05) is 48.0 Å². The molecule has 3 heterocycles. The average molecular weight is 524 g/mol. The van der Waals surface area contributed by atoms with Crippen molar-refractivity contribution in [2.75, 3.05) is 6.61 Å². The minimum absolute atomic E-state index is 0.0206. The summed E-state index contributed by atoms with van der Waals surface area (Å²) in [5.41, 5.74) is 11.7. The second-order valence-electron chi connectivity index (χ2n) is 10.2. The van der Waals surface area contributed by atoms with Crippen LogP contribution in [0.4, 0.5) is 0 Å². The molecule has 0 amide bonds. The van der Waals surface area contributed by atoms with Gasteiger partial charge in [-0.3, -0.25) is 4.79 Å². The number of benzene rings is 3. The third kappa shape index (κ3) is 3.57. The van der Waals surface area contributed by atoms with Crippen molar-refractivity contribution in [3.8, 4) is 16.9 Å². The third-order valence-corrected chi connectivity index (χ3v) is 8.07. The Balaban J connectivity index is 1.60. The molecule has 7 rings (SSSR count). The van der Waals surface area contributed by atoms with Gasteiger partial charge in [0.2, 0.25) is 0 Å². The first-order chi connectivity index (χ1) is 18.4. The fourth-order valence-corrected chi connectivity index (χ4v) is 5.81. The van der Waals surface area contributed by atoms with Crippen molar-refractivity contribution in [2.24, 2.45) is 12.8 Å². The molecule has 8 heteroatoms. The summed E-state index contributed by atoms with van der Waals surface area (Å²) in [5.74, 6) is 1.15. The van der Waals surface area contributed by atoms with E-state index in [2.05, 4.69) is 34.5 Å². The number of ether oxygens (including phenoxy) is 1. The van der Waals surface area contributed by atoms with Crippen LogP contribution >= 0.6 is 11.6 Å². The van der Waals surface area contributed by atoms with Gasteiger partial charge in [-0.2, -0.15) is 0 Å². The van der Waals surface area contributed by atoms with E-state index in [4.69, 9.17) is 22.1 Å². The van der Waals surface area contributed by atoms with E-state index in [0.29, 0.717) is 29.6 Å². The Bertz CT molecular complexity index is 1790. The van der Waals surface area contributed by atoms with Crippen molar-refractivity contribution in [1.29, 1.82) is 0 Å². The summed E-state index contributed by atoms with van der Waals surface area (Å²) in [6, 6.07) is 22.0. The smallest absolute Gasteiger partial charge is 0.251 e. The molecule has 2 aromatic heterocycles. The molecule has 1 atom stereocenters. The zero-order chi connectivity index (χ0) is 26.0. The molecule has 2 aliphatic rings. The topological polar surface area (TPSA) is 88.0 Å². The maximum absolute atomic E-state index is 13.4. The van der Waals surface area contributed by atoms with Crippen LogP contribution in [0.15, 0.2) is 77.9 Å². The van der Waals surface area contributed by atoms with Crippen molar-refractivity contribution in [1.82, 2.24) is 19.3 Å². The fourth-order valence-electron chi connectivity index (χ4n) is 5.64. The van der Waals surface area contributed by atoms with Crippen LogP contribution in [0.1, 0.15) is 41.4 Å². The molecule has 190 valence electrons. The lowest BCUT2D eigenvalue weighted by atomic mass is 9.81. The van der Waals surface area contributed by atoms with Crippen LogP contribution in [0, 0.1) is 0 Å². The van der Waals surface area contributed by atoms with Crippen LogP contribution in [0.25, 0.3) is 22.0 Å². The van der Waals surface area contributed by atoms with Crippen molar-refractivity contribution in [2.45, 2.75) is 30.8 Å². The number of halogens is 1. The Labute approximate surface area is 224 Å². The predicted octanol–water partition coefficient (Wildman–Crippen LogP) is 4.97. The molecule has 0 spiro atoms. The lowest BCUT2D eigenvalue weighted by Crippen LogP contribution is -2.41. The minimum Gasteiger partial charge on any atom is -0.492 e. The van der Waals surface area contributed by atoms with Gasteiger partial charge in [-0.25, -0.2) is 0 Å². The highest BCUT2D eigenvalue weighted by molar-refractivity contribution is 6.32. The number of pyridine rings is 1. The highest BCUT2D eigenvalue weighted by atomic mass is 35.5. The number of aromatic nitrogens is 4. The summed E-state index contributed by atoms with van der Waals surface area (Å²) >= 11 is 6.55. The van der Waals surface area contributed by atoms with Crippen LogP contribution in [0.2, 0.25) is 5.02 Å². The monoisotopic (exact) mass is 523 g/mol. The maximum Gasteiger partial charge on any atom is 0.251 e. The van der Waals surface area contributed by atoms with E-state index in [9.17, 15) is 4.79 Å². The van der Waals surface area contributed by atoms with E-state index in [1.165, 1.54) is 0 Å². The van der Waals surface area contributed by atoms with Gasteiger partial charge in [-0.15, -0.1) is 10.2 Å². The Morgan fingerprint density at radius 1 is 1.05 bits per heavy atom. The van der Waals surface area contributed by atoms with Crippen molar-refractivity contribution in [3.63, 3.8) is 0 Å². The number of hydrogen-bond donors (Lipinski definition) is 1. The van der Waals surface area contributed by atoms with Crippen molar-refractivity contribution < 1.29 is 4.74 Å². The van der Waals surface area contributed by atoms with Crippen molar-refractivity contribution in [3.05, 3.63) is 111 Å². The lowest BCUT2D eigenvalue weighted by Gasteiger charge is -2.31. The molecule has 0 saturated heterocycles. The second-order valence-corrected chi connectivity index (χ2v) is 10.7. The highest BCUT2D eigenvalue weighted by Gasteiger charge is 2.38. The Morgan fingerprint density at radius 3 is 2.66 bits per heavy atom. The number of hydrogen-bond acceptors (Lipinski definition) is 5. The van der Waals surface area contributed by atoms with Crippen LogP contribution in [0.5, 0.6) is 5.75 Å². The first-order valence-corrected chi connectivity index (χ1v) is 13.2. The summed E-state index contributed by atoms with van der Waals surface area (Å²) in [7, 11) is 1.88. The molecule has 1 saturated carbocycles. The largest absolute Gasteiger partial charge is 0.492 e. The molecule has 0 radical (unpaired) electrons. The number of fused-ring (bicyclic) bond motifs is 6. The molecule has 2 N–H and O–H groups in total. The number of nitrogens with zero attached hydrogens (tertiary/aromatic N) is 4. The summed E-state index contributed by atoms with van der Waals surface area (Å²) in [6.07, 6.45) is 4.36. The molecule has 1 fully saturated rings. The van der Waals surface area contributed by atoms with Gasteiger partial charge in [0.1, 0.15) is 17.6 Å². The zero-order valence-corrected chi connectivity index (χ0v) is 21.7. The SMILES string of the molecule is Cn1cnnc1C1(N)c2ccc(Cl)c(c2)OCCc2cccc(c2)-c2cc(=O)n(C3CC3)c3ccc1cc23. The standard InChI is InChI=1S/C30H26ClN5O2/c1-35-17-33-34-29(35)30(32)20-6-10-26-24(14-20)23(16-28(37)36(26)22-7-8-22)19-4-2-3-18(13-19)11-12-38-27-15-21(30)5-9-25(27)31/h2-6,9-10,13-17,22H,7-8,11-12,32H2,1H3. The van der Waals surface area contributed by atoms with Gasteiger partial charge in [0.05, 0.1) is 17.1 Å². The summed E-state index contributed by atoms with van der Waals surface area (Å²) < 4.78 is 9.92. The van der Waals surface area contributed by atoms with E-state index < -0.39 is 5.54 Å². The molecular formula is C30H26ClN5O2. The Morgan fingerprint density at radius 2 is 1.87 bits per heavy atom. The number of aryl methyl sites for hydroxylation is 1. The second kappa shape index (κ2) is 8.55. The lowest BCUT2D eigenvalue weighted by molar-refractivity contribution is 0.321. The van der Waals surface area contributed by atoms with Crippen LogP contribution < -0.4 is 16.0 Å². The fraction of sp³-hybridized carbons (Fsp3) is 0.233. The first kappa shape index (κ1) is 23.2. The number of nitrogens with two attached hydrogens (primary N) is 1. The van der Waals surface area contributed by atoms with E-state index in [1.807, 2.05) is 52.6 Å². The van der Waals surface area contributed by atoms with Gasteiger partial charge in [0.15, 0.2) is 5.82 Å². The zero-order valence-electron chi connectivity index (χ0n) is 20.9. The average Bonchev–Trinajstić information content (AvgIpc) is 3.66. The van der Waals surface area contributed by atoms with E-state index >= 15 is 0 Å². The van der Waals surface area contributed by atoms with Gasteiger partial charge in [0, 0.05) is 31.0 Å². The molecule has 5 aromatic rings. The molecule has 1 aliphatic heterocycles. The summed E-state index contributed by atoms with van der Waals surface area (Å²) in [4.78, 5) is 13.4. The predicted molar refractivity (Wildman–Crippen MR) is 148 cm³/mol. The van der Waals surface area contributed by atoms with E-state index in [1.54, 1.807) is 12.4 Å². The normalized spacial score (nSPS) is 18.8. The highest BCUT2D eigenvalue weighted by Crippen LogP contribution is 2.42. The molecule has 38 heavy (non-hydrogen) atoms. The molecular weight excluding hydrogens is 498 g/mol. The van der Waals surface area contributed by atoms with Crippen LogP contribution in [-0.4, -0.2) is 25.9 Å². The quantitative estimate of drug-likeness (QED) is 0.353. The summed E-state index contributed by atoms with van der Waals surface area (Å²) in [6.45, 7) is 0.443. The van der Waals surface area contributed by atoms with Gasteiger partial charge in [0.25, 0.3) is 5.56 Å². The number of rotatable bonds is 2. The molecule has 1 aliphatic carbocycles. The molecule has 7 nitrogen and oxygen atoms in total. The maximum atomic E-state index is 13.4. The van der Waals surface area contributed by atoms with E-state index in [-0.39, 0.29) is 11.6 Å².